The molecule has 28 heavy (non-hydrogen) atoms. The van der Waals surface area contributed by atoms with Crippen LogP contribution in [0.1, 0.15) is 44.9 Å². The largest absolute Gasteiger partial charge is 0.476 e. The molecule has 1 aliphatic carbocycles. The van der Waals surface area contributed by atoms with Crippen LogP contribution < -0.4 is 4.74 Å². The first-order valence-corrected chi connectivity index (χ1v) is 10.6. The van der Waals surface area contributed by atoms with Gasteiger partial charge in [0.1, 0.15) is 0 Å². The van der Waals surface area contributed by atoms with E-state index in [1.165, 1.54) is 12.8 Å². The average Bonchev–Trinajstić information content (AvgIpc) is 3.38. The van der Waals surface area contributed by atoms with E-state index in [-0.39, 0.29) is 17.7 Å². The van der Waals surface area contributed by atoms with Crippen molar-refractivity contribution in [1.82, 2.24) is 19.8 Å². The van der Waals surface area contributed by atoms with Gasteiger partial charge in [-0.3, -0.25) is 14.6 Å². The molecular weight excluding hydrogens is 356 g/mol. The normalized spacial score (nSPS) is 24.1. The molecule has 0 radical (unpaired) electrons. The minimum absolute atomic E-state index is 0.207. The first-order valence-electron chi connectivity index (χ1n) is 10.6. The zero-order chi connectivity index (χ0) is 19.3. The summed E-state index contributed by atoms with van der Waals surface area (Å²) in [4.78, 5) is 37.1. The number of hydrogen-bond acceptors (Lipinski definition) is 5. The molecule has 3 fully saturated rings. The number of hydrogen-bond donors (Lipinski definition) is 0. The van der Waals surface area contributed by atoms with Gasteiger partial charge in [0.05, 0.1) is 12.8 Å². The fraction of sp³-hybridized carbons (Fsp3) is 0.714. The van der Waals surface area contributed by atoms with Gasteiger partial charge in [-0.15, -0.1) is 0 Å². The van der Waals surface area contributed by atoms with E-state index < -0.39 is 0 Å². The summed E-state index contributed by atoms with van der Waals surface area (Å²) in [5, 5.41) is 0. The highest BCUT2D eigenvalue weighted by Gasteiger charge is 2.34. The molecule has 7 nitrogen and oxygen atoms in total. The third kappa shape index (κ3) is 4.62. The first kappa shape index (κ1) is 19.2. The smallest absolute Gasteiger partial charge is 0.232 e. The van der Waals surface area contributed by atoms with Crippen molar-refractivity contribution in [1.29, 1.82) is 0 Å². The van der Waals surface area contributed by atoms with Crippen LogP contribution in [-0.2, 0) is 9.59 Å². The molecule has 0 N–H and O–H groups in total. The second-order valence-electron chi connectivity index (χ2n) is 8.47. The Labute approximate surface area is 166 Å². The molecular formula is C21H30N4O3. The lowest BCUT2D eigenvalue weighted by atomic mass is 9.94. The molecule has 1 aromatic rings. The van der Waals surface area contributed by atoms with Crippen LogP contribution >= 0.6 is 0 Å². The van der Waals surface area contributed by atoms with E-state index in [9.17, 15) is 9.59 Å². The average molecular weight is 386 g/mol. The van der Waals surface area contributed by atoms with Gasteiger partial charge in [0.2, 0.25) is 17.7 Å². The van der Waals surface area contributed by atoms with Gasteiger partial charge in [-0.05, 0) is 31.6 Å². The number of likely N-dealkylation sites (tertiary alicyclic amines) is 2. The second kappa shape index (κ2) is 8.88. The Balaban J connectivity index is 1.19. The van der Waals surface area contributed by atoms with Crippen molar-refractivity contribution in [2.75, 3.05) is 32.8 Å². The lowest BCUT2D eigenvalue weighted by molar-refractivity contribution is -0.137. The van der Waals surface area contributed by atoms with Crippen molar-refractivity contribution in [3.05, 3.63) is 18.6 Å². The number of nitrogens with zero attached hydrogens (tertiary/aromatic N) is 4. The fourth-order valence-corrected chi connectivity index (χ4v) is 4.78. The Morgan fingerprint density at radius 2 is 1.89 bits per heavy atom. The molecule has 3 heterocycles. The predicted molar refractivity (Wildman–Crippen MR) is 103 cm³/mol. The minimum atomic E-state index is 0.207. The van der Waals surface area contributed by atoms with Gasteiger partial charge in [0.25, 0.3) is 0 Å². The van der Waals surface area contributed by atoms with Crippen molar-refractivity contribution < 1.29 is 14.3 Å². The maximum absolute atomic E-state index is 12.6. The molecule has 0 spiro atoms. The van der Waals surface area contributed by atoms with Crippen molar-refractivity contribution in [2.45, 2.75) is 44.9 Å². The maximum Gasteiger partial charge on any atom is 0.232 e. The SMILES string of the molecule is O=C1CC(COc2cnccn2)CN1CC1CCN(C(=O)C2CCCC2)CC1. The van der Waals surface area contributed by atoms with E-state index in [0.29, 0.717) is 30.7 Å². The standard InChI is InChI=1S/C21H30N4O3/c26-20-11-17(15-28-19-12-22-7-8-23-19)14-25(20)13-16-5-9-24(10-6-16)21(27)18-3-1-2-4-18/h7-8,12,16-18H,1-6,9-11,13-15H2. The topological polar surface area (TPSA) is 75.6 Å². The van der Waals surface area contributed by atoms with E-state index in [2.05, 4.69) is 14.9 Å². The highest BCUT2D eigenvalue weighted by Crippen LogP contribution is 2.29. The molecule has 1 unspecified atom stereocenters. The second-order valence-corrected chi connectivity index (χ2v) is 8.47. The van der Waals surface area contributed by atoms with Gasteiger partial charge in [0.15, 0.2) is 0 Å². The van der Waals surface area contributed by atoms with Crippen LogP contribution in [0.5, 0.6) is 5.88 Å². The molecule has 3 aliphatic rings. The third-order valence-electron chi connectivity index (χ3n) is 6.41. The Bertz CT molecular complexity index is 669. The van der Waals surface area contributed by atoms with Gasteiger partial charge < -0.3 is 14.5 Å². The van der Waals surface area contributed by atoms with E-state index in [1.807, 2.05) is 4.90 Å². The third-order valence-corrected chi connectivity index (χ3v) is 6.41. The number of rotatable bonds is 6. The molecule has 1 aromatic heterocycles. The lowest BCUT2D eigenvalue weighted by Gasteiger charge is -2.35. The zero-order valence-electron chi connectivity index (χ0n) is 16.5. The van der Waals surface area contributed by atoms with E-state index in [4.69, 9.17) is 4.74 Å². The van der Waals surface area contributed by atoms with Gasteiger partial charge >= 0.3 is 0 Å². The van der Waals surface area contributed by atoms with Crippen LogP contribution in [0.2, 0.25) is 0 Å². The number of amides is 2. The van der Waals surface area contributed by atoms with E-state index >= 15 is 0 Å². The predicted octanol–water partition coefficient (Wildman–Crippen LogP) is 2.13. The van der Waals surface area contributed by atoms with Gasteiger partial charge in [-0.2, -0.15) is 0 Å². The summed E-state index contributed by atoms with van der Waals surface area (Å²) in [5.74, 6) is 2.07. The van der Waals surface area contributed by atoms with Gasteiger partial charge in [-0.1, -0.05) is 12.8 Å². The highest BCUT2D eigenvalue weighted by molar-refractivity contribution is 5.79. The molecule has 2 amide bonds. The van der Waals surface area contributed by atoms with Crippen molar-refractivity contribution >= 4 is 11.8 Å². The number of ether oxygens (including phenoxy) is 1. The monoisotopic (exact) mass is 386 g/mol. The Morgan fingerprint density at radius 1 is 1.11 bits per heavy atom. The summed E-state index contributed by atoms with van der Waals surface area (Å²) in [6.07, 6.45) is 11.9. The summed E-state index contributed by atoms with van der Waals surface area (Å²) in [7, 11) is 0. The van der Waals surface area contributed by atoms with Crippen molar-refractivity contribution in [3.8, 4) is 5.88 Å². The molecule has 7 heteroatoms. The molecule has 0 aromatic carbocycles. The number of carbonyl (C=O) groups excluding carboxylic acids is 2. The van der Waals surface area contributed by atoms with Gasteiger partial charge in [-0.25, -0.2) is 4.98 Å². The Hall–Kier alpha value is -2.18. The summed E-state index contributed by atoms with van der Waals surface area (Å²) in [6, 6.07) is 0. The fourth-order valence-electron chi connectivity index (χ4n) is 4.78. The molecule has 2 aliphatic heterocycles. The van der Waals surface area contributed by atoms with E-state index in [0.717, 1.165) is 51.9 Å². The number of aromatic nitrogens is 2. The Kier molecular flexibility index (Phi) is 6.07. The van der Waals surface area contributed by atoms with Crippen LogP contribution in [0.25, 0.3) is 0 Å². The minimum Gasteiger partial charge on any atom is -0.476 e. The molecule has 1 saturated carbocycles. The molecule has 2 saturated heterocycles. The molecule has 1 atom stereocenters. The molecule has 152 valence electrons. The lowest BCUT2D eigenvalue weighted by Crippen LogP contribution is -2.43. The molecule has 0 bridgehead atoms. The van der Waals surface area contributed by atoms with Crippen LogP contribution in [0.4, 0.5) is 0 Å². The summed E-state index contributed by atoms with van der Waals surface area (Å²) in [6.45, 7) is 3.75. The molecule has 4 rings (SSSR count). The highest BCUT2D eigenvalue weighted by atomic mass is 16.5. The number of piperidine rings is 1. The first-order chi connectivity index (χ1) is 13.7. The number of carbonyl (C=O) groups is 2. The van der Waals surface area contributed by atoms with Crippen LogP contribution in [0, 0.1) is 17.8 Å². The summed E-state index contributed by atoms with van der Waals surface area (Å²) >= 11 is 0. The van der Waals surface area contributed by atoms with Crippen molar-refractivity contribution in [3.63, 3.8) is 0 Å². The quantitative estimate of drug-likeness (QED) is 0.749. The van der Waals surface area contributed by atoms with E-state index in [1.54, 1.807) is 18.6 Å². The van der Waals surface area contributed by atoms with Crippen LogP contribution in [0.3, 0.4) is 0 Å². The van der Waals surface area contributed by atoms with Crippen molar-refractivity contribution in [2.24, 2.45) is 17.8 Å². The van der Waals surface area contributed by atoms with Crippen LogP contribution in [0.15, 0.2) is 18.6 Å². The van der Waals surface area contributed by atoms with Crippen LogP contribution in [-0.4, -0.2) is 64.4 Å². The Morgan fingerprint density at radius 3 is 2.61 bits per heavy atom. The zero-order valence-corrected chi connectivity index (χ0v) is 16.5. The maximum atomic E-state index is 12.6. The summed E-state index contributed by atoms with van der Waals surface area (Å²) < 4.78 is 5.67. The summed E-state index contributed by atoms with van der Waals surface area (Å²) in [5.41, 5.74) is 0. The van der Waals surface area contributed by atoms with Gasteiger partial charge in [0, 0.05) is 56.8 Å².